The molecule has 1 aliphatic rings. The molecule has 0 aliphatic heterocycles. The van der Waals surface area contributed by atoms with Gasteiger partial charge >= 0.3 is 0 Å². The molecule has 0 N–H and O–H groups in total. The van der Waals surface area contributed by atoms with Gasteiger partial charge in [-0.25, -0.2) is 0 Å². The molecule has 0 bridgehead atoms. The van der Waals surface area contributed by atoms with E-state index in [0.29, 0.717) is 0 Å². The Bertz CT molecular complexity index is 866. The molecule has 136 valence electrons. The molecule has 0 spiro atoms. The van der Waals surface area contributed by atoms with Crippen molar-refractivity contribution in [3.63, 3.8) is 0 Å². The van der Waals surface area contributed by atoms with Crippen LogP contribution in [0.15, 0.2) is 64.9 Å². The molecule has 1 aliphatic carbocycles. The van der Waals surface area contributed by atoms with Crippen LogP contribution in [0.4, 0.5) is 5.69 Å². The summed E-state index contributed by atoms with van der Waals surface area (Å²) in [5, 5.41) is 0. The molecule has 0 atom stereocenters. The Balaban J connectivity index is 1.93. The quantitative estimate of drug-likeness (QED) is 0.554. The zero-order chi connectivity index (χ0) is 18.8. The zero-order valence-corrected chi connectivity index (χ0v) is 17.1. The fourth-order valence-electron chi connectivity index (χ4n) is 4.05. The Morgan fingerprint density at radius 1 is 0.923 bits per heavy atom. The molecule has 0 heterocycles. The van der Waals surface area contributed by atoms with Crippen molar-refractivity contribution in [2.24, 2.45) is 0 Å². The van der Waals surface area contributed by atoms with E-state index in [9.17, 15) is 0 Å². The van der Waals surface area contributed by atoms with Gasteiger partial charge in [-0.15, -0.1) is 0 Å². The molecule has 0 unspecified atom stereocenters. The first-order valence-corrected chi connectivity index (χ1v) is 9.78. The molecule has 0 radical (unpaired) electrons. The van der Waals surface area contributed by atoms with Gasteiger partial charge in [-0.2, -0.15) is 0 Å². The van der Waals surface area contributed by atoms with Crippen LogP contribution >= 0.6 is 0 Å². The molecule has 0 saturated heterocycles. The standard InChI is InChI=1S/C25H31N/c1-7-20-16-23(19(20)5)24(8-2)26(6)25-14-13-22(15-18(25)4)21-11-9-17(3)10-12-21/h9-15H,7-8,16H2,1-6H3/b24-23+. The Morgan fingerprint density at radius 2 is 1.58 bits per heavy atom. The number of rotatable bonds is 5. The second kappa shape index (κ2) is 7.53. The number of benzene rings is 2. The number of allylic oxidation sites excluding steroid dienone is 4. The summed E-state index contributed by atoms with van der Waals surface area (Å²) in [5.74, 6) is 0. The first kappa shape index (κ1) is 18.5. The number of nitrogens with zero attached hydrogens (tertiary/aromatic N) is 1. The Hall–Kier alpha value is -2.28. The first-order valence-electron chi connectivity index (χ1n) is 9.78. The molecule has 0 fully saturated rings. The van der Waals surface area contributed by atoms with Crippen LogP contribution in [0.5, 0.6) is 0 Å². The van der Waals surface area contributed by atoms with Crippen molar-refractivity contribution in [1.82, 2.24) is 0 Å². The van der Waals surface area contributed by atoms with Crippen LogP contribution in [-0.4, -0.2) is 7.05 Å². The van der Waals surface area contributed by atoms with Crippen molar-refractivity contribution in [3.05, 3.63) is 76.0 Å². The average Bonchev–Trinajstić information content (AvgIpc) is 2.64. The maximum atomic E-state index is 2.40. The molecule has 1 heteroatoms. The minimum Gasteiger partial charge on any atom is -0.348 e. The van der Waals surface area contributed by atoms with Crippen LogP contribution < -0.4 is 4.90 Å². The summed E-state index contributed by atoms with van der Waals surface area (Å²) in [7, 11) is 2.22. The molecule has 2 aromatic rings. The van der Waals surface area contributed by atoms with Gasteiger partial charge in [0.15, 0.2) is 0 Å². The highest BCUT2D eigenvalue weighted by atomic mass is 15.1. The molecule has 0 amide bonds. The molecule has 26 heavy (non-hydrogen) atoms. The van der Waals surface area contributed by atoms with Gasteiger partial charge in [0.1, 0.15) is 0 Å². The number of hydrogen-bond donors (Lipinski definition) is 0. The Kier molecular flexibility index (Phi) is 5.36. The summed E-state index contributed by atoms with van der Waals surface area (Å²) < 4.78 is 0. The summed E-state index contributed by atoms with van der Waals surface area (Å²) in [6.45, 7) is 11.2. The van der Waals surface area contributed by atoms with Gasteiger partial charge in [0.2, 0.25) is 0 Å². The van der Waals surface area contributed by atoms with Gasteiger partial charge in [0.05, 0.1) is 0 Å². The lowest BCUT2D eigenvalue weighted by molar-refractivity contribution is 0.836. The van der Waals surface area contributed by atoms with Gasteiger partial charge < -0.3 is 4.90 Å². The predicted octanol–water partition coefficient (Wildman–Crippen LogP) is 7.20. The molecular formula is C25H31N. The summed E-state index contributed by atoms with van der Waals surface area (Å²) >= 11 is 0. The second-order valence-corrected chi connectivity index (χ2v) is 7.46. The molecular weight excluding hydrogens is 314 g/mol. The van der Waals surface area contributed by atoms with E-state index in [1.54, 1.807) is 11.1 Å². The zero-order valence-electron chi connectivity index (χ0n) is 17.1. The van der Waals surface area contributed by atoms with Crippen LogP contribution in [-0.2, 0) is 0 Å². The summed E-state index contributed by atoms with van der Waals surface area (Å²) in [4.78, 5) is 2.40. The van der Waals surface area contributed by atoms with Crippen LogP contribution in [0.3, 0.4) is 0 Å². The van der Waals surface area contributed by atoms with E-state index in [2.05, 4.69) is 89.0 Å². The van der Waals surface area contributed by atoms with Crippen molar-refractivity contribution >= 4 is 5.69 Å². The molecule has 2 aromatic carbocycles. The normalized spacial score (nSPS) is 15.8. The molecule has 0 aromatic heterocycles. The Labute approximate surface area is 159 Å². The topological polar surface area (TPSA) is 3.24 Å². The maximum Gasteiger partial charge on any atom is 0.0435 e. The van der Waals surface area contributed by atoms with E-state index in [1.807, 2.05) is 0 Å². The third-order valence-corrected chi connectivity index (χ3v) is 5.83. The van der Waals surface area contributed by atoms with Gasteiger partial charge in [-0.05, 0) is 80.0 Å². The van der Waals surface area contributed by atoms with E-state index in [1.165, 1.54) is 45.6 Å². The predicted molar refractivity (Wildman–Crippen MR) is 115 cm³/mol. The fourth-order valence-corrected chi connectivity index (χ4v) is 4.05. The average molecular weight is 346 g/mol. The van der Waals surface area contributed by atoms with Crippen molar-refractivity contribution < 1.29 is 0 Å². The molecule has 0 saturated carbocycles. The van der Waals surface area contributed by atoms with E-state index in [4.69, 9.17) is 0 Å². The summed E-state index contributed by atoms with van der Waals surface area (Å²) in [6.07, 6.45) is 3.41. The van der Waals surface area contributed by atoms with Crippen molar-refractivity contribution in [2.45, 2.75) is 53.9 Å². The number of hydrogen-bond acceptors (Lipinski definition) is 1. The molecule has 1 nitrogen and oxygen atoms in total. The SMILES string of the molecule is CCC1=C(C)/C(=C(\CC)N(C)c2ccc(-c3ccc(C)cc3)cc2C)C1. The Morgan fingerprint density at radius 3 is 2.12 bits per heavy atom. The highest BCUT2D eigenvalue weighted by Gasteiger charge is 2.23. The monoisotopic (exact) mass is 345 g/mol. The lowest BCUT2D eigenvalue weighted by atomic mass is 9.80. The van der Waals surface area contributed by atoms with Crippen LogP contribution in [0.1, 0.15) is 51.2 Å². The van der Waals surface area contributed by atoms with Crippen molar-refractivity contribution in [2.75, 3.05) is 11.9 Å². The summed E-state index contributed by atoms with van der Waals surface area (Å²) in [5.41, 5.74) is 12.7. The summed E-state index contributed by atoms with van der Waals surface area (Å²) in [6, 6.07) is 15.6. The largest absolute Gasteiger partial charge is 0.348 e. The first-order chi connectivity index (χ1) is 12.5. The highest BCUT2D eigenvalue weighted by Crippen LogP contribution is 2.40. The van der Waals surface area contributed by atoms with Crippen molar-refractivity contribution in [1.29, 1.82) is 0 Å². The van der Waals surface area contributed by atoms with Crippen molar-refractivity contribution in [3.8, 4) is 11.1 Å². The second-order valence-electron chi connectivity index (χ2n) is 7.46. The lowest BCUT2D eigenvalue weighted by Gasteiger charge is -2.33. The third kappa shape index (κ3) is 3.35. The minimum absolute atomic E-state index is 1.07. The fraction of sp³-hybridized carbons (Fsp3) is 0.360. The van der Waals surface area contributed by atoms with Gasteiger partial charge in [0.25, 0.3) is 0 Å². The van der Waals surface area contributed by atoms with Gasteiger partial charge in [0, 0.05) is 18.4 Å². The van der Waals surface area contributed by atoms with E-state index in [-0.39, 0.29) is 0 Å². The van der Waals surface area contributed by atoms with Gasteiger partial charge in [-0.1, -0.05) is 55.3 Å². The lowest BCUT2D eigenvalue weighted by Crippen LogP contribution is -2.22. The highest BCUT2D eigenvalue weighted by molar-refractivity contribution is 5.70. The number of aryl methyl sites for hydroxylation is 2. The number of anilines is 1. The smallest absolute Gasteiger partial charge is 0.0435 e. The minimum atomic E-state index is 1.07. The third-order valence-electron chi connectivity index (χ3n) is 5.83. The maximum absolute atomic E-state index is 2.40. The van der Waals surface area contributed by atoms with Crippen LogP contribution in [0.2, 0.25) is 0 Å². The van der Waals surface area contributed by atoms with E-state index < -0.39 is 0 Å². The molecule has 3 rings (SSSR count). The van der Waals surface area contributed by atoms with Gasteiger partial charge in [-0.3, -0.25) is 0 Å². The van der Waals surface area contributed by atoms with E-state index in [0.717, 1.165) is 12.8 Å². The van der Waals surface area contributed by atoms with Crippen LogP contribution in [0, 0.1) is 13.8 Å². The van der Waals surface area contributed by atoms with Crippen LogP contribution in [0.25, 0.3) is 11.1 Å². The van der Waals surface area contributed by atoms with E-state index >= 15 is 0 Å².